The minimum atomic E-state index is -0.365. The third-order valence-corrected chi connectivity index (χ3v) is 4.66. The summed E-state index contributed by atoms with van der Waals surface area (Å²) >= 11 is 0. The number of morpholine rings is 1. The van der Waals surface area contributed by atoms with Crippen molar-refractivity contribution in [2.45, 2.75) is 18.7 Å². The van der Waals surface area contributed by atoms with Gasteiger partial charge in [0, 0.05) is 13.1 Å². The average Bonchev–Trinajstić information content (AvgIpc) is 2.67. The van der Waals surface area contributed by atoms with Gasteiger partial charge in [-0.3, -0.25) is 4.90 Å². The Hall–Kier alpha value is -2.15. The van der Waals surface area contributed by atoms with Gasteiger partial charge in [-0.05, 0) is 35.4 Å². The van der Waals surface area contributed by atoms with Gasteiger partial charge in [0.05, 0.1) is 33.5 Å². The molecule has 0 aliphatic carbocycles. The van der Waals surface area contributed by atoms with Crippen molar-refractivity contribution in [2.24, 2.45) is 0 Å². The molecule has 0 amide bonds. The van der Waals surface area contributed by atoms with Crippen molar-refractivity contribution in [3.05, 3.63) is 59.4 Å². The van der Waals surface area contributed by atoms with Crippen molar-refractivity contribution in [1.29, 1.82) is 0 Å². The van der Waals surface area contributed by atoms with Crippen LogP contribution in [-0.2, 0) is 11.3 Å². The van der Waals surface area contributed by atoms with E-state index in [9.17, 15) is 9.50 Å². The third kappa shape index (κ3) is 3.98. The fourth-order valence-corrected chi connectivity index (χ4v) is 3.45. The van der Waals surface area contributed by atoms with Crippen molar-refractivity contribution >= 4 is 0 Å². The molecule has 1 aliphatic heterocycles. The van der Waals surface area contributed by atoms with E-state index in [1.165, 1.54) is 12.1 Å². The lowest BCUT2D eigenvalue weighted by atomic mass is 9.97. The summed E-state index contributed by atoms with van der Waals surface area (Å²) in [5.41, 5.74) is 1.84. The Labute approximate surface area is 152 Å². The molecule has 3 rings (SSSR count). The highest BCUT2D eigenvalue weighted by Crippen LogP contribution is 2.36. The van der Waals surface area contributed by atoms with Crippen LogP contribution >= 0.6 is 0 Å². The van der Waals surface area contributed by atoms with Crippen molar-refractivity contribution in [3.63, 3.8) is 0 Å². The van der Waals surface area contributed by atoms with Crippen LogP contribution in [-0.4, -0.2) is 50.1 Å². The highest BCUT2D eigenvalue weighted by molar-refractivity contribution is 5.44. The molecule has 1 saturated heterocycles. The number of rotatable bonds is 6. The van der Waals surface area contributed by atoms with E-state index in [0.717, 1.165) is 11.1 Å². The van der Waals surface area contributed by atoms with Crippen molar-refractivity contribution < 1.29 is 23.7 Å². The predicted molar refractivity (Wildman–Crippen MR) is 95.9 cm³/mol. The van der Waals surface area contributed by atoms with Gasteiger partial charge >= 0.3 is 0 Å². The van der Waals surface area contributed by atoms with E-state index in [0.29, 0.717) is 31.2 Å². The Bertz CT molecular complexity index is 740. The Kier molecular flexibility index (Phi) is 6.08. The topological polar surface area (TPSA) is 51.2 Å². The van der Waals surface area contributed by atoms with Crippen LogP contribution in [0.2, 0.25) is 0 Å². The quantitative estimate of drug-likeness (QED) is 0.857. The van der Waals surface area contributed by atoms with Crippen LogP contribution in [0.4, 0.5) is 4.39 Å². The summed E-state index contributed by atoms with van der Waals surface area (Å²) in [7, 11) is 3.18. The van der Waals surface area contributed by atoms with Gasteiger partial charge in [0.1, 0.15) is 11.9 Å². The number of aliphatic hydroxyl groups is 1. The van der Waals surface area contributed by atoms with E-state index in [-0.39, 0.29) is 24.6 Å². The molecule has 1 fully saturated rings. The zero-order chi connectivity index (χ0) is 18.5. The monoisotopic (exact) mass is 361 g/mol. The Balaban J connectivity index is 1.93. The summed E-state index contributed by atoms with van der Waals surface area (Å²) in [5, 5.41) is 9.81. The smallest absolute Gasteiger partial charge is 0.161 e. The van der Waals surface area contributed by atoms with Gasteiger partial charge in [-0.1, -0.05) is 18.2 Å². The Morgan fingerprint density at radius 2 is 1.96 bits per heavy atom. The SMILES string of the molecule is COc1ccc([C@@H]2[C@@H](CO)OCCN2Cc2cccc(F)c2)cc1OC. The van der Waals surface area contributed by atoms with Gasteiger partial charge in [-0.2, -0.15) is 0 Å². The lowest BCUT2D eigenvalue weighted by molar-refractivity contribution is -0.0961. The molecule has 1 aliphatic rings. The van der Waals surface area contributed by atoms with E-state index in [1.54, 1.807) is 20.3 Å². The second kappa shape index (κ2) is 8.49. The second-order valence-corrected chi connectivity index (χ2v) is 6.25. The fraction of sp³-hybridized carbons (Fsp3) is 0.400. The Morgan fingerprint density at radius 1 is 1.15 bits per heavy atom. The van der Waals surface area contributed by atoms with Crippen molar-refractivity contribution in [1.82, 2.24) is 4.90 Å². The normalized spacial score (nSPS) is 20.8. The van der Waals surface area contributed by atoms with Crippen molar-refractivity contribution in [3.8, 4) is 11.5 Å². The number of hydrogen-bond acceptors (Lipinski definition) is 5. The molecule has 2 aromatic rings. The number of methoxy groups -OCH3 is 2. The van der Waals surface area contributed by atoms with Crippen LogP contribution in [0.25, 0.3) is 0 Å². The number of hydrogen-bond donors (Lipinski definition) is 1. The predicted octanol–water partition coefficient (Wildman–Crippen LogP) is 2.78. The lowest BCUT2D eigenvalue weighted by Crippen LogP contribution is -2.46. The minimum Gasteiger partial charge on any atom is -0.493 e. The van der Waals surface area contributed by atoms with Gasteiger partial charge in [0.25, 0.3) is 0 Å². The number of benzene rings is 2. The molecule has 6 heteroatoms. The molecular formula is C20H24FNO4. The molecule has 2 aromatic carbocycles. The number of aliphatic hydroxyl groups excluding tert-OH is 1. The molecule has 1 N–H and O–H groups in total. The van der Waals surface area contributed by atoms with Gasteiger partial charge in [-0.15, -0.1) is 0 Å². The van der Waals surface area contributed by atoms with E-state index in [1.807, 2.05) is 24.3 Å². The fourth-order valence-electron chi connectivity index (χ4n) is 3.45. The van der Waals surface area contributed by atoms with Crippen LogP contribution in [0.5, 0.6) is 11.5 Å². The first-order valence-corrected chi connectivity index (χ1v) is 8.59. The van der Waals surface area contributed by atoms with Gasteiger partial charge < -0.3 is 19.3 Å². The summed E-state index contributed by atoms with van der Waals surface area (Å²) < 4.78 is 30.0. The first kappa shape index (κ1) is 18.6. The van der Waals surface area contributed by atoms with Crippen molar-refractivity contribution in [2.75, 3.05) is 34.0 Å². The van der Waals surface area contributed by atoms with Crippen LogP contribution in [0.15, 0.2) is 42.5 Å². The second-order valence-electron chi connectivity index (χ2n) is 6.25. The van der Waals surface area contributed by atoms with E-state index >= 15 is 0 Å². The third-order valence-electron chi connectivity index (χ3n) is 4.66. The summed E-state index contributed by atoms with van der Waals surface area (Å²) in [4.78, 5) is 2.19. The van der Waals surface area contributed by atoms with Gasteiger partial charge in [0.2, 0.25) is 0 Å². The molecule has 26 heavy (non-hydrogen) atoms. The van der Waals surface area contributed by atoms with E-state index in [4.69, 9.17) is 14.2 Å². The highest BCUT2D eigenvalue weighted by atomic mass is 19.1. The summed E-state index contributed by atoms with van der Waals surface area (Å²) in [5.74, 6) is 1.01. The number of halogens is 1. The molecule has 1 heterocycles. The minimum absolute atomic E-state index is 0.0985. The largest absolute Gasteiger partial charge is 0.493 e. The van der Waals surface area contributed by atoms with Crippen LogP contribution in [0.3, 0.4) is 0 Å². The molecule has 0 saturated carbocycles. The average molecular weight is 361 g/mol. The van der Waals surface area contributed by atoms with Crippen LogP contribution in [0, 0.1) is 5.82 Å². The molecule has 0 aromatic heterocycles. The maximum absolute atomic E-state index is 13.6. The van der Waals surface area contributed by atoms with Gasteiger partial charge in [0.15, 0.2) is 11.5 Å². The zero-order valence-corrected chi connectivity index (χ0v) is 15.0. The molecule has 0 bridgehead atoms. The summed E-state index contributed by atoms with van der Waals surface area (Å²) in [6.07, 6.45) is -0.365. The highest BCUT2D eigenvalue weighted by Gasteiger charge is 2.33. The lowest BCUT2D eigenvalue weighted by Gasteiger charge is -2.41. The molecule has 5 nitrogen and oxygen atoms in total. The molecule has 2 atom stereocenters. The first-order valence-electron chi connectivity index (χ1n) is 8.59. The van der Waals surface area contributed by atoms with Gasteiger partial charge in [-0.25, -0.2) is 4.39 Å². The molecule has 0 radical (unpaired) electrons. The summed E-state index contributed by atoms with van der Waals surface area (Å²) in [6, 6.07) is 12.1. The maximum Gasteiger partial charge on any atom is 0.161 e. The Morgan fingerprint density at radius 3 is 2.65 bits per heavy atom. The van der Waals surface area contributed by atoms with E-state index in [2.05, 4.69) is 4.90 Å². The summed E-state index contributed by atoms with van der Waals surface area (Å²) in [6.45, 7) is 1.67. The standard InChI is InChI=1S/C20H24FNO4/c1-24-17-7-6-15(11-18(17)25-2)20-19(13-23)26-9-8-22(20)12-14-4-3-5-16(21)10-14/h3-7,10-11,19-20,23H,8-9,12-13H2,1-2H3/t19-,20-/m1/s1. The van der Waals surface area contributed by atoms with Crippen LogP contribution < -0.4 is 9.47 Å². The number of ether oxygens (including phenoxy) is 3. The first-order chi connectivity index (χ1) is 12.7. The molecular weight excluding hydrogens is 337 g/mol. The number of nitrogens with zero attached hydrogens (tertiary/aromatic N) is 1. The maximum atomic E-state index is 13.6. The zero-order valence-electron chi connectivity index (χ0n) is 15.0. The van der Waals surface area contributed by atoms with Crippen LogP contribution in [0.1, 0.15) is 17.2 Å². The molecule has 140 valence electrons. The molecule has 0 unspecified atom stereocenters. The molecule has 0 spiro atoms. The van der Waals surface area contributed by atoms with E-state index < -0.39 is 0 Å².